The van der Waals surface area contributed by atoms with E-state index in [1.54, 1.807) is 24.3 Å². The second-order valence-corrected chi connectivity index (χ2v) is 11.1. The van der Waals surface area contributed by atoms with Crippen LogP contribution in [-0.2, 0) is 38.0 Å². The normalized spacial score (nSPS) is 19.0. The van der Waals surface area contributed by atoms with Crippen LogP contribution in [0.1, 0.15) is 46.4 Å². The Morgan fingerprint density at radius 2 is 1.04 bits per heavy atom. The number of hydrogen-bond acceptors (Lipinski definition) is 14. The smallest absolute Gasteiger partial charge is 0.338 e. The van der Waals surface area contributed by atoms with E-state index in [1.165, 1.54) is 26.4 Å². The van der Waals surface area contributed by atoms with Gasteiger partial charge in [0.05, 0.1) is 65.0 Å². The van der Waals surface area contributed by atoms with Crippen molar-refractivity contribution in [1.82, 2.24) is 0 Å². The highest BCUT2D eigenvalue weighted by Crippen LogP contribution is 2.34. The summed E-state index contributed by atoms with van der Waals surface area (Å²) in [6.45, 7) is 8.05. The molecule has 0 bridgehead atoms. The fourth-order valence-electron chi connectivity index (χ4n) is 5.11. The lowest BCUT2D eigenvalue weighted by Gasteiger charge is -2.18. The van der Waals surface area contributed by atoms with Crippen molar-refractivity contribution in [2.24, 2.45) is 0 Å². The molecule has 4 atom stereocenters. The summed E-state index contributed by atoms with van der Waals surface area (Å²) in [6, 6.07) is 9.39. The zero-order chi connectivity index (χ0) is 35.9. The standard InChI is InChI=1S/C36H42O14/c1-5-31(37)45-17-9-7-15-43-25-13-11-23(19-27(25)41-3)35(39)49-29-21-47-34-30(22-48-33(29)34)50-36(40)24-12-14-26(28(20-24)42-4)44-16-8-10-18-46-32(38)6-2/h5-6,11-14,19-20,29-30,33-34H,1-2,7-10,15-18,21-22H2,3-4H3/t29-,30-,33-,34-/m1/s1. The number of rotatable bonds is 20. The predicted octanol–water partition coefficient (Wildman–Crippen LogP) is 4.03. The molecule has 2 saturated heterocycles. The molecule has 0 saturated carbocycles. The van der Waals surface area contributed by atoms with E-state index in [-0.39, 0.29) is 37.6 Å². The summed E-state index contributed by atoms with van der Waals surface area (Å²) in [5.41, 5.74) is 0.482. The van der Waals surface area contributed by atoms with Gasteiger partial charge >= 0.3 is 23.9 Å². The molecular formula is C36H42O14. The van der Waals surface area contributed by atoms with Crippen molar-refractivity contribution in [3.63, 3.8) is 0 Å². The van der Waals surface area contributed by atoms with Crippen LogP contribution in [0.2, 0.25) is 0 Å². The summed E-state index contributed by atoms with van der Waals surface area (Å²) in [5.74, 6) is -0.573. The second kappa shape index (κ2) is 19.2. The fourth-order valence-corrected chi connectivity index (χ4v) is 5.11. The third-order valence-corrected chi connectivity index (χ3v) is 7.69. The Balaban J connectivity index is 1.24. The molecule has 0 unspecified atom stereocenters. The van der Waals surface area contributed by atoms with Gasteiger partial charge < -0.3 is 47.4 Å². The molecule has 2 fully saturated rings. The van der Waals surface area contributed by atoms with Gasteiger partial charge in [-0.2, -0.15) is 0 Å². The number of carbonyl (C=O) groups excluding carboxylic acids is 4. The summed E-state index contributed by atoms with van der Waals surface area (Å²) >= 11 is 0. The highest BCUT2D eigenvalue weighted by atomic mass is 16.7. The van der Waals surface area contributed by atoms with Crippen molar-refractivity contribution in [2.75, 3.05) is 53.9 Å². The zero-order valence-electron chi connectivity index (χ0n) is 28.1. The maximum Gasteiger partial charge on any atom is 0.338 e. The topological polar surface area (TPSA) is 161 Å². The van der Waals surface area contributed by atoms with Crippen molar-refractivity contribution >= 4 is 23.9 Å². The van der Waals surface area contributed by atoms with Crippen molar-refractivity contribution in [3.8, 4) is 23.0 Å². The second-order valence-electron chi connectivity index (χ2n) is 11.1. The first-order valence-electron chi connectivity index (χ1n) is 16.1. The molecule has 2 aliphatic rings. The van der Waals surface area contributed by atoms with Crippen LogP contribution in [0.25, 0.3) is 0 Å². The average molecular weight is 699 g/mol. The molecule has 0 spiro atoms. The first-order valence-corrected chi connectivity index (χ1v) is 16.1. The molecule has 0 aliphatic carbocycles. The highest BCUT2D eigenvalue weighted by Gasteiger charge is 2.51. The van der Waals surface area contributed by atoms with Gasteiger partial charge in [-0.15, -0.1) is 0 Å². The van der Waals surface area contributed by atoms with Crippen LogP contribution in [0.3, 0.4) is 0 Å². The van der Waals surface area contributed by atoms with E-state index in [1.807, 2.05) is 0 Å². The molecule has 14 heteroatoms. The van der Waals surface area contributed by atoms with E-state index >= 15 is 0 Å². The number of benzene rings is 2. The quantitative estimate of drug-likeness (QED) is 0.0844. The van der Waals surface area contributed by atoms with Gasteiger partial charge in [0.25, 0.3) is 0 Å². The number of methoxy groups -OCH3 is 2. The molecule has 4 rings (SSSR count). The average Bonchev–Trinajstić information content (AvgIpc) is 3.73. The Kier molecular flexibility index (Phi) is 14.5. The Hall–Kier alpha value is -5.08. The van der Waals surface area contributed by atoms with Crippen LogP contribution in [0.4, 0.5) is 0 Å². The van der Waals surface area contributed by atoms with Crippen LogP contribution in [0, 0.1) is 0 Å². The predicted molar refractivity (Wildman–Crippen MR) is 176 cm³/mol. The van der Waals surface area contributed by atoms with Crippen LogP contribution in [0.15, 0.2) is 61.7 Å². The van der Waals surface area contributed by atoms with E-state index in [0.717, 1.165) is 12.2 Å². The summed E-state index contributed by atoms with van der Waals surface area (Å²) in [6.07, 6.45) is 2.00. The van der Waals surface area contributed by atoms with Gasteiger partial charge in [-0.3, -0.25) is 0 Å². The van der Waals surface area contributed by atoms with Gasteiger partial charge in [-0.05, 0) is 62.1 Å². The van der Waals surface area contributed by atoms with E-state index in [4.69, 9.17) is 47.4 Å². The van der Waals surface area contributed by atoms with Gasteiger partial charge in [0, 0.05) is 12.2 Å². The van der Waals surface area contributed by atoms with Crippen molar-refractivity contribution in [1.29, 1.82) is 0 Å². The number of fused-ring (bicyclic) bond motifs is 1. The Morgan fingerprint density at radius 3 is 1.42 bits per heavy atom. The fraction of sp³-hybridized carbons (Fsp3) is 0.444. The van der Waals surface area contributed by atoms with Crippen LogP contribution in [0.5, 0.6) is 23.0 Å². The van der Waals surface area contributed by atoms with Crippen LogP contribution < -0.4 is 18.9 Å². The number of carbonyl (C=O) groups is 4. The van der Waals surface area contributed by atoms with E-state index in [0.29, 0.717) is 61.9 Å². The molecule has 0 aromatic heterocycles. The SMILES string of the molecule is C=CC(=O)OCCCCOc1ccc(C(=O)O[C@@H]2CO[C@H]3[C@@H]2OC[C@H]3OC(=O)c2ccc(OCCCCOC(=O)C=C)c(OC)c2)cc1OC. The minimum Gasteiger partial charge on any atom is -0.493 e. The molecule has 0 amide bonds. The molecule has 2 heterocycles. The Morgan fingerprint density at radius 1 is 0.640 bits per heavy atom. The summed E-state index contributed by atoms with van der Waals surface area (Å²) in [7, 11) is 2.93. The highest BCUT2D eigenvalue weighted by molar-refractivity contribution is 5.91. The first-order chi connectivity index (χ1) is 24.3. The monoisotopic (exact) mass is 698 g/mol. The summed E-state index contributed by atoms with van der Waals surface area (Å²) in [5, 5.41) is 0. The largest absolute Gasteiger partial charge is 0.493 e. The number of unbranched alkanes of at least 4 members (excludes halogenated alkanes) is 2. The lowest BCUT2D eigenvalue weighted by Crippen LogP contribution is -2.36. The van der Waals surface area contributed by atoms with E-state index in [2.05, 4.69) is 13.2 Å². The maximum atomic E-state index is 13.1. The minimum absolute atomic E-state index is 0.0616. The zero-order valence-corrected chi connectivity index (χ0v) is 28.1. The summed E-state index contributed by atoms with van der Waals surface area (Å²) in [4.78, 5) is 48.3. The minimum atomic E-state index is -0.723. The Labute approximate surface area is 290 Å². The maximum absolute atomic E-state index is 13.1. The van der Waals surface area contributed by atoms with Gasteiger partial charge in [-0.25, -0.2) is 19.2 Å². The third-order valence-electron chi connectivity index (χ3n) is 7.69. The number of esters is 4. The molecule has 2 aromatic carbocycles. The van der Waals surface area contributed by atoms with E-state index in [9.17, 15) is 19.2 Å². The molecule has 0 radical (unpaired) electrons. The Bertz CT molecular complexity index is 1390. The molecular weight excluding hydrogens is 656 g/mol. The van der Waals surface area contributed by atoms with Crippen molar-refractivity contribution in [2.45, 2.75) is 50.1 Å². The van der Waals surface area contributed by atoms with E-state index < -0.39 is 48.3 Å². The first kappa shape index (κ1) is 37.7. The number of ether oxygens (including phenoxy) is 10. The van der Waals surface area contributed by atoms with Gasteiger partial charge in [-0.1, -0.05) is 13.2 Å². The van der Waals surface area contributed by atoms with Gasteiger partial charge in [0.1, 0.15) is 12.2 Å². The summed E-state index contributed by atoms with van der Waals surface area (Å²) < 4.78 is 55.4. The molecule has 270 valence electrons. The lowest BCUT2D eigenvalue weighted by atomic mass is 10.1. The molecule has 2 aromatic rings. The van der Waals surface area contributed by atoms with Crippen LogP contribution in [-0.4, -0.2) is 102 Å². The molecule has 2 aliphatic heterocycles. The lowest BCUT2D eigenvalue weighted by molar-refractivity contribution is -0.138. The number of hydrogen-bond donors (Lipinski definition) is 0. The molecule has 14 nitrogen and oxygen atoms in total. The van der Waals surface area contributed by atoms with Gasteiger partial charge in [0.15, 0.2) is 35.2 Å². The molecule has 0 N–H and O–H groups in total. The van der Waals surface area contributed by atoms with Crippen molar-refractivity contribution in [3.05, 3.63) is 72.8 Å². The van der Waals surface area contributed by atoms with Crippen LogP contribution >= 0.6 is 0 Å². The van der Waals surface area contributed by atoms with Crippen molar-refractivity contribution < 1.29 is 66.5 Å². The third kappa shape index (κ3) is 10.5. The van der Waals surface area contributed by atoms with Gasteiger partial charge in [0.2, 0.25) is 0 Å². The molecule has 50 heavy (non-hydrogen) atoms.